The van der Waals surface area contributed by atoms with E-state index >= 15 is 0 Å². The number of rotatable bonds is 3. The minimum Gasteiger partial charge on any atom is -0.239 e. The van der Waals surface area contributed by atoms with Crippen LogP contribution in [0.1, 0.15) is 40.5 Å². The first kappa shape index (κ1) is 12.1. The SMILES string of the molecule is C=CC(C)CC.CC[N+]12CC3CC(C)(C1)N32. The van der Waals surface area contributed by atoms with E-state index in [-0.39, 0.29) is 0 Å². The van der Waals surface area contributed by atoms with E-state index in [1.54, 1.807) is 0 Å². The quantitative estimate of drug-likeness (QED) is 0.525. The van der Waals surface area contributed by atoms with Gasteiger partial charge in [0.05, 0.1) is 6.54 Å². The number of hydrogen-bond donors (Lipinski definition) is 0. The van der Waals surface area contributed by atoms with E-state index < -0.39 is 0 Å². The number of piperidine rings is 1. The van der Waals surface area contributed by atoms with Crippen molar-refractivity contribution in [2.24, 2.45) is 5.92 Å². The number of allylic oxidation sites excluding steroid dienone is 1. The molecule has 3 aliphatic rings. The van der Waals surface area contributed by atoms with Crippen LogP contribution in [0.2, 0.25) is 0 Å². The first-order valence-electron chi connectivity index (χ1n) is 6.80. The largest absolute Gasteiger partial charge is 0.239 e. The maximum atomic E-state index is 3.63. The van der Waals surface area contributed by atoms with Gasteiger partial charge in [-0.2, -0.15) is 0 Å². The van der Waals surface area contributed by atoms with Gasteiger partial charge >= 0.3 is 0 Å². The summed E-state index contributed by atoms with van der Waals surface area (Å²) in [5, 5.41) is 2.70. The minimum absolute atomic E-state index is 0.652. The van der Waals surface area contributed by atoms with Gasteiger partial charge in [-0.3, -0.25) is 0 Å². The summed E-state index contributed by atoms with van der Waals surface area (Å²) in [6.07, 6.45) is 4.66. The molecule has 92 valence electrons. The van der Waals surface area contributed by atoms with Crippen LogP contribution in [0.15, 0.2) is 12.7 Å². The molecule has 3 fully saturated rings. The Kier molecular flexibility index (Phi) is 2.92. The molecule has 0 aromatic carbocycles. The van der Waals surface area contributed by atoms with Crippen molar-refractivity contribution in [2.75, 3.05) is 19.6 Å². The van der Waals surface area contributed by atoms with Crippen LogP contribution in [-0.2, 0) is 0 Å². The predicted octanol–water partition coefficient (Wildman–Crippen LogP) is 2.82. The second-order valence-electron chi connectivity index (χ2n) is 6.07. The van der Waals surface area contributed by atoms with Crippen LogP contribution in [0.3, 0.4) is 0 Å². The topological polar surface area (TPSA) is 3.24 Å². The molecule has 0 aliphatic carbocycles. The molecule has 3 aliphatic heterocycles. The average molecular weight is 223 g/mol. The highest BCUT2D eigenvalue weighted by molar-refractivity contribution is 5.10. The highest BCUT2D eigenvalue weighted by Crippen LogP contribution is 2.59. The van der Waals surface area contributed by atoms with Gasteiger partial charge < -0.3 is 0 Å². The van der Waals surface area contributed by atoms with Crippen LogP contribution in [0.25, 0.3) is 0 Å². The molecule has 0 bridgehead atoms. The molecule has 4 atom stereocenters. The summed E-state index contributed by atoms with van der Waals surface area (Å²) < 4.78 is 1.33. The Hall–Kier alpha value is -0.340. The molecule has 0 spiro atoms. The molecule has 3 rings (SSSR count). The lowest BCUT2D eigenvalue weighted by atomic mass is 9.69. The first-order valence-corrected chi connectivity index (χ1v) is 6.80. The summed E-state index contributed by atoms with van der Waals surface area (Å²) >= 11 is 0. The summed E-state index contributed by atoms with van der Waals surface area (Å²) in [4.78, 5) is 0. The van der Waals surface area contributed by atoms with E-state index in [1.807, 2.05) is 6.08 Å². The molecule has 0 amide bonds. The smallest absolute Gasteiger partial charge is 0.120 e. The molecule has 2 heteroatoms. The van der Waals surface area contributed by atoms with E-state index in [0.717, 1.165) is 6.04 Å². The highest BCUT2D eigenvalue weighted by atomic mass is 15.9. The number of quaternary nitrogens is 1. The fourth-order valence-corrected chi connectivity index (χ4v) is 3.79. The zero-order valence-electron chi connectivity index (χ0n) is 11.4. The van der Waals surface area contributed by atoms with Crippen LogP contribution >= 0.6 is 0 Å². The Labute approximate surface area is 100 Å². The first-order chi connectivity index (χ1) is 7.51. The highest BCUT2D eigenvalue weighted by Gasteiger charge is 2.79. The van der Waals surface area contributed by atoms with Gasteiger partial charge in [-0.25, -0.2) is 4.59 Å². The van der Waals surface area contributed by atoms with E-state index in [4.69, 9.17) is 0 Å². The Morgan fingerprint density at radius 3 is 2.44 bits per heavy atom. The third-order valence-corrected chi connectivity index (χ3v) is 4.85. The van der Waals surface area contributed by atoms with E-state index in [9.17, 15) is 0 Å². The molecule has 16 heavy (non-hydrogen) atoms. The van der Waals surface area contributed by atoms with Gasteiger partial charge in [0.2, 0.25) is 0 Å². The number of likely N-dealkylation sites (N-methyl/N-ethyl adjacent to an activating group) is 1. The monoisotopic (exact) mass is 223 g/mol. The van der Waals surface area contributed by atoms with Gasteiger partial charge in [0, 0.05) is 6.42 Å². The zero-order chi connectivity index (χ0) is 12.0. The Balaban J connectivity index is 0.000000142. The molecule has 3 heterocycles. The van der Waals surface area contributed by atoms with E-state index in [0.29, 0.717) is 11.5 Å². The average Bonchev–Trinajstić information content (AvgIpc) is 2.26. The van der Waals surface area contributed by atoms with Gasteiger partial charge in [-0.1, -0.05) is 26.3 Å². The van der Waals surface area contributed by atoms with Crippen molar-refractivity contribution in [1.29, 1.82) is 0 Å². The maximum Gasteiger partial charge on any atom is 0.120 e. The lowest BCUT2D eigenvalue weighted by molar-refractivity contribution is -1.16. The van der Waals surface area contributed by atoms with Crippen LogP contribution < -0.4 is 0 Å². The molecular formula is C14H27N2+. The third kappa shape index (κ3) is 1.46. The summed E-state index contributed by atoms with van der Waals surface area (Å²) in [7, 11) is 0. The molecule has 0 aromatic heterocycles. The van der Waals surface area contributed by atoms with Gasteiger partial charge in [-0.05, 0) is 19.8 Å². The second kappa shape index (κ2) is 3.85. The van der Waals surface area contributed by atoms with Crippen molar-refractivity contribution < 1.29 is 4.59 Å². The van der Waals surface area contributed by atoms with Crippen molar-refractivity contribution in [2.45, 2.75) is 52.1 Å². The zero-order valence-corrected chi connectivity index (χ0v) is 11.4. The van der Waals surface area contributed by atoms with Crippen LogP contribution in [-0.4, -0.2) is 40.8 Å². The van der Waals surface area contributed by atoms with Gasteiger partial charge in [0.1, 0.15) is 24.7 Å². The molecule has 4 unspecified atom stereocenters. The Bertz CT molecular complexity index is 288. The second-order valence-corrected chi connectivity index (χ2v) is 6.07. The van der Waals surface area contributed by atoms with Crippen molar-refractivity contribution in [3.05, 3.63) is 12.7 Å². The standard InChI is InChI=1S/C8H15N2.C6H12/c1-3-10-5-7-4-8(2,6-10)9(7)10;1-4-6(3)5-2/h7H,3-6H2,1-2H3;4,6H,1,5H2,2-3H3/q+1;. The van der Waals surface area contributed by atoms with E-state index in [2.05, 4.69) is 39.3 Å². The Morgan fingerprint density at radius 2 is 2.25 bits per heavy atom. The number of hydrogen-bond acceptors (Lipinski definition) is 1. The minimum atomic E-state index is 0.652. The van der Waals surface area contributed by atoms with Gasteiger partial charge in [-0.15, -0.1) is 11.6 Å². The predicted molar refractivity (Wildman–Crippen MR) is 68.8 cm³/mol. The summed E-state index contributed by atoms with van der Waals surface area (Å²) in [5.74, 6) is 0.699. The lowest BCUT2D eigenvalue weighted by Crippen LogP contribution is -3.01. The number of piperazine rings is 1. The van der Waals surface area contributed by atoms with Crippen molar-refractivity contribution in [1.82, 2.24) is 5.01 Å². The molecular weight excluding hydrogens is 196 g/mol. The van der Waals surface area contributed by atoms with Crippen molar-refractivity contribution in [3.63, 3.8) is 0 Å². The van der Waals surface area contributed by atoms with Crippen LogP contribution in [0.5, 0.6) is 0 Å². The Morgan fingerprint density at radius 1 is 1.56 bits per heavy atom. The fraction of sp³-hybridized carbons (Fsp3) is 0.857. The lowest BCUT2D eigenvalue weighted by Gasteiger charge is -2.80. The summed E-state index contributed by atoms with van der Waals surface area (Å²) in [6, 6.07) is 0.985. The summed E-state index contributed by atoms with van der Waals surface area (Å²) in [5.41, 5.74) is 0.652. The summed E-state index contributed by atoms with van der Waals surface area (Å²) in [6.45, 7) is 16.9. The molecule has 0 N–H and O–H groups in total. The van der Waals surface area contributed by atoms with Crippen molar-refractivity contribution in [3.8, 4) is 0 Å². The van der Waals surface area contributed by atoms with Gasteiger partial charge in [0.15, 0.2) is 0 Å². The van der Waals surface area contributed by atoms with E-state index in [1.165, 1.54) is 37.1 Å². The molecule has 0 saturated carbocycles. The number of nitrogens with zero attached hydrogens (tertiary/aromatic N) is 2. The van der Waals surface area contributed by atoms with Crippen LogP contribution in [0.4, 0.5) is 0 Å². The third-order valence-electron chi connectivity index (χ3n) is 4.85. The van der Waals surface area contributed by atoms with Crippen LogP contribution in [0, 0.1) is 5.92 Å². The molecule has 0 aromatic rings. The molecule has 0 radical (unpaired) electrons. The normalized spacial score (nSPS) is 44.9. The fourth-order valence-electron chi connectivity index (χ4n) is 3.79. The molecule has 2 nitrogen and oxygen atoms in total. The van der Waals surface area contributed by atoms with Gasteiger partial charge in [0.25, 0.3) is 0 Å². The maximum absolute atomic E-state index is 3.63. The molecule has 3 saturated heterocycles. The van der Waals surface area contributed by atoms with Crippen molar-refractivity contribution >= 4 is 0 Å².